The zero-order valence-electron chi connectivity index (χ0n) is 19.7. The van der Waals surface area contributed by atoms with Gasteiger partial charge in [0.1, 0.15) is 17.3 Å². The predicted molar refractivity (Wildman–Crippen MR) is 139 cm³/mol. The van der Waals surface area contributed by atoms with Crippen LogP contribution in [0.5, 0.6) is 11.5 Å². The van der Waals surface area contributed by atoms with Gasteiger partial charge in [0.05, 0.1) is 30.3 Å². The monoisotopic (exact) mass is 550 g/mol. The zero-order chi connectivity index (χ0) is 26.0. The van der Waals surface area contributed by atoms with E-state index in [1.807, 2.05) is 0 Å². The van der Waals surface area contributed by atoms with E-state index in [2.05, 4.69) is 21.2 Å². The number of benzene rings is 3. The molecule has 1 heterocycles. The van der Waals surface area contributed by atoms with Crippen molar-refractivity contribution in [1.82, 2.24) is 0 Å². The number of carbonyl (C=O) groups is 3. The number of nitrogens with one attached hydrogen (secondary N) is 1. The molecule has 1 saturated heterocycles. The van der Waals surface area contributed by atoms with Crippen molar-refractivity contribution in [3.05, 3.63) is 87.9 Å². The topological polar surface area (TPSA) is 105 Å². The van der Waals surface area contributed by atoms with Gasteiger partial charge in [-0.1, -0.05) is 12.1 Å². The minimum atomic E-state index is -0.924. The Morgan fingerprint density at radius 3 is 2.33 bits per heavy atom. The van der Waals surface area contributed by atoms with Gasteiger partial charge in [-0.15, -0.1) is 0 Å². The van der Waals surface area contributed by atoms with E-state index in [0.717, 1.165) is 0 Å². The summed E-state index contributed by atoms with van der Waals surface area (Å²) in [5, 5.41) is 14.0. The Hall–Kier alpha value is -4.11. The van der Waals surface area contributed by atoms with Crippen molar-refractivity contribution < 1.29 is 29.0 Å². The molecular formula is C27H23BrN2O6. The van der Waals surface area contributed by atoms with Gasteiger partial charge in [-0.25, -0.2) is 0 Å². The highest BCUT2D eigenvalue weighted by molar-refractivity contribution is 9.10. The van der Waals surface area contributed by atoms with Crippen molar-refractivity contribution in [1.29, 1.82) is 0 Å². The van der Waals surface area contributed by atoms with Crippen LogP contribution in [0.3, 0.4) is 0 Å². The maximum Gasteiger partial charge on any atom is 0.300 e. The van der Waals surface area contributed by atoms with Crippen molar-refractivity contribution in [2.24, 2.45) is 0 Å². The molecular weight excluding hydrogens is 528 g/mol. The van der Waals surface area contributed by atoms with Crippen LogP contribution < -0.4 is 19.7 Å². The number of amides is 2. The quantitative estimate of drug-likeness (QED) is 0.253. The maximum atomic E-state index is 13.3. The third-order valence-corrected chi connectivity index (χ3v) is 6.36. The number of nitrogens with zero attached hydrogens (tertiary/aromatic N) is 1. The minimum Gasteiger partial charge on any atom is -0.507 e. The van der Waals surface area contributed by atoms with E-state index in [0.29, 0.717) is 38.5 Å². The Kier molecular flexibility index (Phi) is 7.12. The first-order valence-electron chi connectivity index (χ1n) is 10.9. The zero-order valence-corrected chi connectivity index (χ0v) is 21.3. The van der Waals surface area contributed by atoms with Crippen molar-refractivity contribution in [2.45, 2.75) is 13.0 Å². The van der Waals surface area contributed by atoms with Gasteiger partial charge in [-0.2, -0.15) is 0 Å². The van der Waals surface area contributed by atoms with Crippen LogP contribution in [0.2, 0.25) is 0 Å². The molecule has 0 saturated carbocycles. The molecule has 4 rings (SSSR count). The maximum absolute atomic E-state index is 13.3. The smallest absolute Gasteiger partial charge is 0.300 e. The van der Waals surface area contributed by atoms with Crippen molar-refractivity contribution in [3.63, 3.8) is 0 Å². The Morgan fingerprint density at radius 2 is 1.72 bits per heavy atom. The number of Topliss-reactive ketones (excluding diaryl/α,β-unsaturated/α-hetero) is 1. The van der Waals surface area contributed by atoms with E-state index in [-0.39, 0.29) is 17.2 Å². The fourth-order valence-electron chi connectivity index (χ4n) is 4.10. The minimum absolute atomic E-state index is 0.0590. The van der Waals surface area contributed by atoms with Gasteiger partial charge in [-0.05, 0) is 76.1 Å². The van der Waals surface area contributed by atoms with E-state index in [1.165, 1.54) is 26.0 Å². The molecule has 3 aromatic carbocycles. The number of aliphatic hydroxyl groups excluding tert-OH is 1. The SMILES string of the molecule is COc1cccc(C2/C(=C(/O)c3ccc(OC)c(Br)c3)C(=O)C(=O)N2c2ccc(NC(C)=O)cc2)c1. The molecule has 3 aromatic rings. The van der Waals surface area contributed by atoms with Crippen LogP contribution in [0.15, 0.2) is 76.8 Å². The third-order valence-electron chi connectivity index (χ3n) is 5.75. The van der Waals surface area contributed by atoms with Crippen LogP contribution in [-0.2, 0) is 14.4 Å². The van der Waals surface area contributed by atoms with Gasteiger partial charge in [0, 0.05) is 23.9 Å². The van der Waals surface area contributed by atoms with Gasteiger partial charge in [0.15, 0.2) is 0 Å². The van der Waals surface area contributed by atoms with Crippen LogP contribution >= 0.6 is 15.9 Å². The number of ketones is 1. The fourth-order valence-corrected chi connectivity index (χ4v) is 4.64. The summed E-state index contributed by atoms with van der Waals surface area (Å²) < 4.78 is 11.2. The largest absolute Gasteiger partial charge is 0.507 e. The average molecular weight is 551 g/mol. The summed E-state index contributed by atoms with van der Waals surface area (Å²) in [6.45, 7) is 1.40. The number of methoxy groups -OCH3 is 2. The van der Waals surface area contributed by atoms with Crippen LogP contribution in [-0.4, -0.2) is 36.9 Å². The summed E-state index contributed by atoms with van der Waals surface area (Å²) in [6.07, 6.45) is 0. The third kappa shape index (κ3) is 4.70. The number of anilines is 2. The van der Waals surface area contributed by atoms with Gasteiger partial charge in [0.25, 0.3) is 11.7 Å². The average Bonchev–Trinajstić information content (AvgIpc) is 3.14. The lowest BCUT2D eigenvalue weighted by Gasteiger charge is -2.26. The molecule has 0 aromatic heterocycles. The molecule has 2 N–H and O–H groups in total. The first-order chi connectivity index (χ1) is 17.2. The van der Waals surface area contributed by atoms with Gasteiger partial charge in [0.2, 0.25) is 5.91 Å². The Balaban J connectivity index is 1.89. The normalized spacial score (nSPS) is 16.7. The molecule has 0 spiro atoms. The lowest BCUT2D eigenvalue weighted by molar-refractivity contribution is -0.132. The van der Waals surface area contributed by atoms with Crippen molar-refractivity contribution in [2.75, 3.05) is 24.4 Å². The molecule has 1 atom stereocenters. The molecule has 9 heteroatoms. The summed E-state index contributed by atoms with van der Waals surface area (Å²) >= 11 is 3.39. The molecule has 184 valence electrons. The molecule has 1 aliphatic heterocycles. The highest BCUT2D eigenvalue weighted by Crippen LogP contribution is 2.43. The fraction of sp³-hybridized carbons (Fsp3) is 0.148. The van der Waals surface area contributed by atoms with Crippen LogP contribution in [0.1, 0.15) is 24.1 Å². The number of ether oxygens (including phenoxy) is 2. The molecule has 36 heavy (non-hydrogen) atoms. The number of rotatable bonds is 6. The molecule has 0 aliphatic carbocycles. The van der Waals surface area contributed by atoms with Crippen LogP contribution in [0.4, 0.5) is 11.4 Å². The van der Waals surface area contributed by atoms with Crippen LogP contribution in [0, 0.1) is 0 Å². The van der Waals surface area contributed by atoms with E-state index >= 15 is 0 Å². The number of hydrogen-bond donors (Lipinski definition) is 2. The molecule has 8 nitrogen and oxygen atoms in total. The number of hydrogen-bond acceptors (Lipinski definition) is 6. The predicted octanol–water partition coefficient (Wildman–Crippen LogP) is 5.05. The summed E-state index contributed by atoms with van der Waals surface area (Å²) in [7, 11) is 3.04. The lowest BCUT2D eigenvalue weighted by Crippen LogP contribution is -2.29. The first kappa shape index (κ1) is 25.0. The first-order valence-corrected chi connectivity index (χ1v) is 11.7. The number of carbonyl (C=O) groups excluding carboxylic acids is 3. The van der Waals surface area contributed by atoms with E-state index in [4.69, 9.17) is 9.47 Å². The highest BCUT2D eigenvalue weighted by Gasteiger charge is 2.47. The lowest BCUT2D eigenvalue weighted by atomic mass is 9.95. The number of aliphatic hydroxyl groups is 1. The van der Waals surface area contributed by atoms with Crippen LogP contribution in [0.25, 0.3) is 5.76 Å². The second kappa shape index (κ2) is 10.2. The second-order valence-corrected chi connectivity index (χ2v) is 8.88. The van der Waals surface area contributed by atoms with Gasteiger partial charge < -0.3 is 19.9 Å². The summed E-state index contributed by atoms with van der Waals surface area (Å²) in [4.78, 5) is 39.4. The molecule has 0 radical (unpaired) electrons. The molecule has 0 bridgehead atoms. The molecule has 2 amide bonds. The van der Waals surface area contributed by atoms with Gasteiger partial charge in [-0.3, -0.25) is 19.3 Å². The van der Waals surface area contributed by atoms with E-state index in [9.17, 15) is 19.5 Å². The van der Waals surface area contributed by atoms with Gasteiger partial charge >= 0.3 is 0 Å². The highest BCUT2D eigenvalue weighted by atomic mass is 79.9. The molecule has 1 unspecified atom stereocenters. The Morgan fingerprint density at radius 1 is 1.00 bits per heavy atom. The van der Waals surface area contributed by atoms with E-state index in [1.54, 1.807) is 66.7 Å². The second-order valence-electron chi connectivity index (χ2n) is 8.02. The Bertz CT molecular complexity index is 1380. The van der Waals surface area contributed by atoms with Crippen molar-refractivity contribution in [3.8, 4) is 11.5 Å². The Labute approximate surface area is 216 Å². The summed E-state index contributed by atoms with van der Waals surface area (Å²) in [5.41, 5.74) is 1.83. The molecule has 1 fully saturated rings. The van der Waals surface area contributed by atoms with E-state index < -0.39 is 17.7 Å². The summed E-state index contributed by atoms with van der Waals surface area (Å²) in [5.74, 6) is -1.07. The van der Waals surface area contributed by atoms with Crippen molar-refractivity contribution >= 4 is 50.7 Å². The standard InChI is InChI=1S/C27H23BrN2O6/c1-15(31)29-18-8-10-19(11-9-18)30-24(16-5-4-6-20(13-16)35-2)23(26(33)27(30)34)25(32)17-7-12-22(36-3)21(28)14-17/h4-14,24,32H,1-3H3,(H,29,31)/b25-23-. The summed E-state index contributed by atoms with van der Waals surface area (Å²) in [6, 6.07) is 17.5. The molecule has 1 aliphatic rings. The number of halogens is 1.